The molecule has 7 heteroatoms. The van der Waals surface area contributed by atoms with Gasteiger partial charge in [-0.15, -0.1) is 12.4 Å². The number of hydrogen-bond acceptors (Lipinski definition) is 6. The number of rotatable bonds is 4. The van der Waals surface area contributed by atoms with Crippen molar-refractivity contribution in [2.75, 3.05) is 13.1 Å². The highest BCUT2D eigenvalue weighted by Gasteiger charge is 2.24. The third-order valence-corrected chi connectivity index (χ3v) is 3.85. The van der Waals surface area contributed by atoms with Crippen LogP contribution < -0.4 is 5.73 Å². The van der Waals surface area contributed by atoms with Gasteiger partial charge in [-0.25, -0.2) is 0 Å². The molecule has 0 saturated carbocycles. The maximum atomic E-state index is 6.00. The van der Waals surface area contributed by atoms with E-state index in [0.717, 1.165) is 13.1 Å². The van der Waals surface area contributed by atoms with Crippen molar-refractivity contribution >= 4 is 12.4 Å². The first-order valence-corrected chi connectivity index (χ1v) is 7.07. The molecule has 21 heavy (non-hydrogen) atoms. The van der Waals surface area contributed by atoms with E-state index in [1.807, 2.05) is 12.1 Å². The number of nitrogens with zero attached hydrogens (tertiary/aromatic N) is 3. The van der Waals surface area contributed by atoms with E-state index >= 15 is 0 Å². The molecule has 1 aliphatic heterocycles. The summed E-state index contributed by atoms with van der Waals surface area (Å²) in [5.41, 5.74) is 6.00. The molecule has 116 valence electrons. The van der Waals surface area contributed by atoms with E-state index in [-0.39, 0.29) is 18.4 Å². The molecule has 0 radical (unpaired) electrons. The van der Waals surface area contributed by atoms with Crippen LogP contribution in [0.15, 0.2) is 27.3 Å². The Morgan fingerprint density at radius 3 is 3.10 bits per heavy atom. The number of furan rings is 1. The van der Waals surface area contributed by atoms with Crippen molar-refractivity contribution in [3.63, 3.8) is 0 Å². The molecule has 2 aromatic heterocycles. The molecule has 1 saturated heterocycles. The molecule has 0 spiro atoms. The minimum absolute atomic E-state index is 0. The molecule has 2 aromatic rings. The van der Waals surface area contributed by atoms with Gasteiger partial charge >= 0.3 is 0 Å². The highest BCUT2D eigenvalue weighted by atomic mass is 35.5. The van der Waals surface area contributed by atoms with Gasteiger partial charge in [0.2, 0.25) is 11.7 Å². The van der Waals surface area contributed by atoms with Gasteiger partial charge in [-0.05, 0) is 44.4 Å². The largest absolute Gasteiger partial charge is 0.461 e. The number of aromatic nitrogens is 2. The summed E-state index contributed by atoms with van der Waals surface area (Å²) < 4.78 is 10.5. The van der Waals surface area contributed by atoms with Gasteiger partial charge in [0.15, 0.2) is 5.76 Å². The molecule has 1 fully saturated rings. The summed E-state index contributed by atoms with van der Waals surface area (Å²) in [6.07, 6.45) is 3.98. The SMILES string of the molecule is CC(N)C1CCCN(Cc2nc(-c3ccco3)no2)C1.Cl. The van der Waals surface area contributed by atoms with Crippen LogP contribution in [0.3, 0.4) is 0 Å². The maximum absolute atomic E-state index is 6.00. The van der Waals surface area contributed by atoms with E-state index in [4.69, 9.17) is 14.7 Å². The molecule has 0 bridgehead atoms. The van der Waals surface area contributed by atoms with Crippen molar-refractivity contribution in [2.24, 2.45) is 11.7 Å². The van der Waals surface area contributed by atoms with Crippen molar-refractivity contribution in [2.45, 2.75) is 32.4 Å². The standard InChI is InChI=1S/C14H20N4O2.ClH/c1-10(15)11-4-2-6-18(8-11)9-13-16-14(17-20-13)12-5-3-7-19-12;/h3,5,7,10-11H,2,4,6,8-9,15H2,1H3;1H. The van der Waals surface area contributed by atoms with Crippen molar-refractivity contribution in [1.82, 2.24) is 15.0 Å². The zero-order chi connectivity index (χ0) is 13.9. The van der Waals surface area contributed by atoms with Gasteiger partial charge < -0.3 is 14.7 Å². The zero-order valence-corrected chi connectivity index (χ0v) is 12.9. The van der Waals surface area contributed by atoms with Crippen molar-refractivity contribution < 1.29 is 8.94 Å². The molecule has 2 atom stereocenters. The second-order valence-electron chi connectivity index (χ2n) is 5.49. The maximum Gasteiger partial charge on any atom is 0.241 e. The summed E-state index contributed by atoms with van der Waals surface area (Å²) in [6, 6.07) is 3.87. The lowest BCUT2D eigenvalue weighted by atomic mass is 9.92. The lowest BCUT2D eigenvalue weighted by Gasteiger charge is -2.33. The lowest BCUT2D eigenvalue weighted by molar-refractivity contribution is 0.139. The van der Waals surface area contributed by atoms with E-state index in [1.54, 1.807) is 6.26 Å². The molecule has 2 N–H and O–H groups in total. The third kappa shape index (κ3) is 3.84. The van der Waals surface area contributed by atoms with Gasteiger partial charge in [0.1, 0.15) is 0 Å². The molecule has 1 aliphatic rings. The van der Waals surface area contributed by atoms with E-state index in [0.29, 0.717) is 29.9 Å². The molecule has 2 unspecified atom stereocenters. The summed E-state index contributed by atoms with van der Waals surface area (Å²) in [7, 11) is 0. The number of likely N-dealkylation sites (tertiary alicyclic amines) is 1. The predicted molar refractivity (Wildman–Crippen MR) is 80.9 cm³/mol. The molecule has 0 amide bonds. The fourth-order valence-electron chi connectivity index (χ4n) is 2.68. The van der Waals surface area contributed by atoms with Crippen LogP contribution in [0.2, 0.25) is 0 Å². The quantitative estimate of drug-likeness (QED) is 0.933. The average molecular weight is 313 g/mol. The van der Waals surface area contributed by atoms with E-state index in [9.17, 15) is 0 Å². The highest BCUT2D eigenvalue weighted by Crippen LogP contribution is 2.21. The van der Waals surface area contributed by atoms with Gasteiger partial charge in [0, 0.05) is 12.6 Å². The molecule has 0 aliphatic carbocycles. The fourth-order valence-corrected chi connectivity index (χ4v) is 2.68. The van der Waals surface area contributed by atoms with Gasteiger partial charge in [-0.2, -0.15) is 4.98 Å². The summed E-state index contributed by atoms with van der Waals surface area (Å²) in [6.45, 7) is 4.81. The Hall–Kier alpha value is -1.37. The van der Waals surface area contributed by atoms with Crippen LogP contribution in [-0.2, 0) is 6.54 Å². The van der Waals surface area contributed by atoms with Crippen LogP contribution in [-0.4, -0.2) is 34.2 Å². The Kier molecular flexibility index (Phi) is 5.39. The summed E-state index contributed by atoms with van der Waals surface area (Å²) in [4.78, 5) is 6.70. The molecule has 3 heterocycles. The van der Waals surface area contributed by atoms with Crippen LogP contribution in [0.25, 0.3) is 11.6 Å². The molecular weight excluding hydrogens is 292 g/mol. The summed E-state index contributed by atoms with van der Waals surface area (Å²) >= 11 is 0. The monoisotopic (exact) mass is 312 g/mol. The highest BCUT2D eigenvalue weighted by molar-refractivity contribution is 5.85. The van der Waals surface area contributed by atoms with Crippen LogP contribution in [0.1, 0.15) is 25.7 Å². The van der Waals surface area contributed by atoms with Crippen molar-refractivity contribution in [1.29, 1.82) is 0 Å². The second-order valence-corrected chi connectivity index (χ2v) is 5.49. The second kappa shape index (κ2) is 7.06. The minimum Gasteiger partial charge on any atom is -0.461 e. The Morgan fingerprint density at radius 1 is 1.52 bits per heavy atom. The molecular formula is C14H21ClN4O2. The Balaban J connectivity index is 0.00000161. The van der Waals surface area contributed by atoms with E-state index in [1.165, 1.54) is 12.8 Å². The summed E-state index contributed by atoms with van der Waals surface area (Å²) in [5.74, 6) is 2.32. The Labute approximate surface area is 130 Å². The first-order chi connectivity index (χ1) is 9.72. The van der Waals surface area contributed by atoms with Gasteiger partial charge in [-0.3, -0.25) is 4.90 Å². The zero-order valence-electron chi connectivity index (χ0n) is 12.1. The predicted octanol–water partition coefficient (Wildman–Crippen LogP) is 2.31. The smallest absolute Gasteiger partial charge is 0.241 e. The number of piperidine rings is 1. The van der Waals surface area contributed by atoms with Crippen LogP contribution in [0, 0.1) is 5.92 Å². The lowest BCUT2D eigenvalue weighted by Crippen LogP contribution is -2.41. The van der Waals surface area contributed by atoms with Gasteiger partial charge in [0.25, 0.3) is 0 Å². The average Bonchev–Trinajstić information content (AvgIpc) is 3.09. The normalized spacial score (nSPS) is 21.0. The third-order valence-electron chi connectivity index (χ3n) is 3.85. The number of nitrogens with two attached hydrogens (primary N) is 1. The van der Waals surface area contributed by atoms with E-state index < -0.39 is 0 Å². The topological polar surface area (TPSA) is 81.3 Å². The van der Waals surface area contributed by atoms with Crippen LogP contribution >= 0.6 is 12.4 Å². The van der Waals surface area contributed by atoms with Crippen molar-refractivity contribution in [3.05, 3.63) is 24.3 Å². The van der Waals surface area contributed by atoms with E-state index in [2.05, 4.69) is 22.0 Å². The van der Waals surface area contributed by atoms with Crippen molar-refractivity contribution in [3.8, 4) is 11.6 Å². The Bertz CT molecular complexity index is 541. The molecule has 3 rings (SSSR count). The summed E-state index contributed by atoms with van der Waals surface area (Å²) in [5, 5.41) is 3.95. The fraction of sp³-hybridized carbons (Fsp3) is 0.571. The first kappa shape index (κ1) is 16.0. The van der Waals surface area contributed by atoms with Gasteiger partial charge in [-0.1, -0.05) is 5.16 Å². The Morgan fingerprint density at radius 2 is 2.38 bits per heavy atom. The first-order valence-electron chi connectivity index (χ1n) is 7.07. The molecule has 0 aromatic carbocycles. The van der Waals surface area contributed by atoms with Crippen LogP contribution in [0.4, 0.5) is 0 Å². The number of halogens is 1. The molecule has 6 nitrogen and oxygen atoms in total. The van der Waals surface area contributed by atoms with Crippen LogP contribution in [0.5, 0.6) is 0 Å². The van der Waals surface area contributed by atoms with Gasteiger partial charge in [0.05, 0.1) is 12.8 Å². The minimum atomic E-state index is 0. The number of hydrogen-bond donors (Lipinski definition) is 1.